The van der Waals surface area contributed by atoms with Gasteiger partial charge in [-0.3, -0.25) is 4.72 Å². The molecule has 3 N–H and O–H groups in total. The second kappa shape index (κ2) is 12.1. The van der Waals surface area contributed by atoms with Crippen LogP contribution in [-0.2, 0) is 27.3 Å². The third-order valence-corrected chi connectivity index (χ3v) is 7.53. The average molecular weight is 567 g/mol. The second-order valence-corrected chi connectivity index (χ2v) is 10.7. The van der Waals surface area contributed by atoms with Crippen molar-refractivity contribution >= 4 is 23.0 Å². The Labute approximate surface area is 231 Å². The Balaban J connectivity index is 1.51. The molecule has 0 saturated heterocycles. The van der Waals surface area contributed by atoms with Crippen LogP contribution in [0.25, 0.3) is 16.9 Å². The highest BCUT2D eigenvalue weighted by molar-refractivity contribution is 7.89. The van der Waals surface area contributed by atoms with E-state index in [-0.39, 0.29) is 28.7 Å². The maximum absolute atomic E-state index is 13.5. The highest BCUT2D eigenvalue weighted by Gasteiger charge is 2.35. The third-order valence-electron chi connectivity index (χ3n) is 6.08. The van der Waals surface area contributed by atoms with E-state index in [9.17, 15) is 21.6 Å². The summed E-state index contributed by atoms with van der Waals surface area (Å²) in [7, 11) is -2.43. The summed E-state index contributed by atoms with van der Waals surface area (Å²) in [6.45, 7) is 5.76. The minimum Gasteiger partial charge on any atom is -0.422 e. The molecule has 4 rings (SSSR count). The van der Waals surface area contributed by atoms with Gasteiger partial charge in [0, 0.05) is 11.3 Å². The van der Waals surface area contributed by atoms with Crippen molar-refractivity contribution < 1.29 is 26.2 Å². The molecule has 207 valence electrons. The van der Waals surface area contributed by atoms with Gasteiger partial charge in [0.1, 0.15) is 0 Å². The number of hydrogen-bond donors (Lipinski definition) is 2. The summed E-state index contributed by atoms with van der Waals surface area (Å²) in [5.41, 5.74) is 8.37. The van der Waals surface area contributed by atoms with Crippen LogP contribution >= 0.6 is 0 Å². The van der Waals surface area contributed by atoms with Crippen LogP contribution in [-0.4, -0.2) is 32.4 Å². The average Bonchev–Trinajstić information content (AvgIpc) is 3.38. The van der Waals surface area contributed by atoms with Crippen LogP contribution in [0.1, 0.15) is 23.2 Å². The molecule has 0 amide bonds. The lowest BCUT2D eigenvalue weighted by Gasteiger charge is -2.13. The molecular weight excluding hydrogens is 540 g/mol. The fourth-order valence-corrected chi connectivity index (χ4v) is 5.11. The Kier molecular flexibility index (Phi) is 8.82. The molecule has 0 spiro atoms. The molecule has 0 aliphatic carbocycles. The van der Waals surface area contributed by atoms with Crippen molar-refractivity contribution in [3.63, 3.8) is 0 Å². The van der Waals surface area contributed by atoms with Gasteiger partial charge in [-0.1, -0.05) is 71.7 Å². The number of aromatic nitrogens is 2. The summed E-state index contributed by atoms with van der Waals surface area (Å²) < 4.78 is 75.2. The van der Waals surface area contributed by atoms with Crippen molar-refractivity contribution in [1.29, 1.82) is 0 Å². The molecule has 3 aromatic carbocycles. The van der Waals surface area contributed by atoms with Crippen LogP contribution in [0.2, 0.25) is 0 Å². The first-order chi connectivity index (χ1) is 19.0. The first kappa shape index (κ1) is 29.1. The summed E-state index contributed by atoms with van der Waals surface area (Å²) in [6.07, 6.45) is -3.81. The van der Waals surface area contributed by atoms with Crippen LogP contribution < -0.4 is 15.9 Å². The highest BCUT2D eigenvalue weighted by Crippen LogP contribution is 2.33. The first-order valence-electron chi connectivity index (χ1n) is 12.3. The van der Waals surface area contributed by atoms with Gasteiger partial charge in [0.15, 0.2) is 5.69 Å². The molecule has 0 atom stereocenters. The van der Waals surface area contributed by atoms with E-state index in [1.807, 2.05) is 31.2 Å². The number of rotatable bonds is 11. The minimum atomic E-state index is -4.64. The quantitative estimate of drug-likeness (QED) is 0.206. The molecule has 7 nitrogen and oxygen atoms in total. The van der Waals surface area contributed by atoms with Crippen LogP contribution in [0.3, 0.4) is 0 Å². The number of benzene rings is 3. The van der Waals surface area contributed by atoms with Gasteiger partial charge < -0.3 is 10.4 Å². The van der Waals surface area contributed by atoms with E-state index in [0.29, 0.717) is 18.4 Å². The van der Waals surface area contributed by atoms with Crippen molar-refractivity contribution in [3.05, 3.63) is 108 Å². The van der Waals surface area contributed by atoms with Crippen molar-refractivity contribution in [2.45, 2.75) is 30.8 Å². The van der Waals surface area contributed by atoms with Crippen molar-refractivity contribution in [2.75, 3.05) is 6.73 Å². The highest BCUT2D eigenvalue weighted by atomic mass is 32.2. The largest absolute Gasteiger partial charge is 0.435 e. The van der Waals surface area contributed by atoms with Gasteiger partial charge in [0.25, 0.3) is 10.0 Å². The van der Waals surface area contributed by atoms with E-state index < -0.39 is 21.9 Å². The number of alkyl halides is 3. The maximum atomic E-state index is 13.5. The zero-order valence-electron chi connectivity index (χ0n) is 21.6. The number of sulfonamides is 1. The number of hydrogen-bond acceptors (Lipinski definition) is 5. The van der Waals surface area contributed by atoms with E-state index in [1.54, 1.807) is 31.7 Å². The Morgan fingerprint density at radius 1 is 1.07 bits per heavy atom. The first-order valence-corrected chi connectivity index (χ1v) is 13.7. The van der Waals surface area contributed by atoms with Gasteiger partial charge in [-0.2, -0.15) is 18.3 Å². The molecule has 0 bridgehead atoms. The zero-order chi connectivity index (χ0) is 28.9. The number of nitrogens with zero attached hydrogens (tertiary/aromatic N) is 2. The van der Waals surface area contributed by atoms with E-state index in [4.69, 9.17) is 10.4 Å². The second-order valence-electron chi connectivity index (χ2n) is 9.04. The summed E-state index contributed by atoms with van der Waals surface area (Å²) in [6, 6.07) is 20.9. The van der Waals surface area contributed by atoms with E-state index >= 15 is 0 Å². The van der Waals surface area contributed by atoms with Crippen LogP contribution in [0, 0.1) is 6.92 Å². The predicted molar refractivity (Wildman–Crippen MR) is 148 cm³/mol. The normalized spacial score (nSPS) is 11.8. The molecule has 4 aromatic rings. The summed E-state index contributed by atoms with van der Waals surface area (Å²) in [5.74, 6) is 0. The number of aryl methyl sites for hydroxylation is 2. The lowest BCUT2D eigenvalue weighted by molar-refractivity contribution is -0.141. The number of allylic oxidation sites excluding steroid dienone is 1. The topological polar surface area (TPSA) is 99.2 Å². The third kappa shape index (κ3) is 7.01. The molecule has 1 heterocycles. The SMILES string of the molecule is C=C(CCc1ccccc1[B]OCN)NS(=O)(=O)c1ccc(-n2nc(C(F)(F)F)cc2-c2ccc(C)cc2)cc1. The number of halogens is 3. The number of nitrogens with one attached hydrogen (secondary N) is 1. The summed E-state index contributed by atoms with van der Waals surface area (Å²) in [4.78, 5) is -0.0671. The molecule has 0 aliphatic heterocycles. The van der Waals surface area contributed by atoms with Gasteiger partial charge >= 0.3 is 13.7 Å². The predicted octanol–water partition coefficient (Wildman–Crippen LogP) is 4.47. The minimum absolute atomic E-state index is 0.0385. The zero-order valence-corrected chi connectivity index (χ0v) is 22.5. The standard InChI is InChI=1S/C28H27BF3N4O3S/c1-19-7-10-22(11-8-19)26-17-27(28(30,31)32)34-36(26)23-13-15-24(16-14-23)40(37,38)35-20(2)9-12-21-5-3-4-6-25(21)29-39-18-33/h3-8,10-11,13-17,35H,2,9,12,18,33H2,1H3. The van der Waals surface area contributed by atoms with E-state index in [1.165, 1.54) is 24.3 Å². The molecule has 0 aliphatic rings. The van der Waals surface area contributed by atoms with E-state index in [2.05, 4.69) is 16.4 Å². The maximum Gasteiger partial charge on any atom is 0.435 e. The Morgan fingerprint density at radius 2 is 1.75 bits per heavy atom. The Hall–Kier alpha value is -3.87. The summed E-state index contributed by atoms with van der Waals surface area (Å²) >= 11 is 0. The molecule has 1 radical (unpaired) electrons. The molecular formula is C28H27BF3N4O3S. The molecule has 0 saturated carbocycles. The lowest BCUT2D eigenvalue weighted by atomic mass is 9.82. The Bertz CT molecular complexity index is 1590. The van der Waals surface area contributed by atoms with Crippen LogP contribution in [0.15, 0.2) is 96.0 Å². The molecule has 1 aromatic heterocycles. The lowest BCUT2D eigenvalue weighted by Crippen LogP contribution is -2.26. The van der Waals surface area contributed by atoms with Crippen molar-refractivity contribution in [1.82, 2.24) is 14.5 Å². The Morgan fingerprint density at radius 3 is 2.40 bits per heavy atom. The van der Waals surface area contributed by atoms with Crippen molar-refractivity contribution in [3.8, 4) is 16.9 Å². The summed E-state index contributed by atoms with van der Waals surface area (Å²) in [5, 5.41) is 3.76. The fourth-order valence-electron chi connectivity index (χ4n) is 4.01. The molecule has 0 fully saturated rings. The van der Waals surface area contributed by atoms with Crippen LogP contribution in [0.5, 0.6) is 0 Å². The van der Waals surface area contributed by atoms with Gasteiger partial charge in [-0.05, 0) is 50.1 Å². The fraction of sp³-hybridized carbons (Fsp3) is 0.179. The monoisotopic (exact) mass is 567 g/mol. The van der Waals surface area contributed by atoms with Gasteiger partial charge in [-0.25, -0.2) is 13.1 Å². The molecule has 0 unspecified atom stereocenters. The van der Waals surface area contributed by atoms with Gasteiger partial charge in [-0.15, -0.1) is 0 Å². The van der Waals surface area contributed by atoms with E-state index in [0.717, 1.165) is 27.3 Å². The number of nitrogens with two attached hydrogens (primary N) is 1. The molecule has 12 heteroatoms. The molecule has 40 heavy (non-hydrogen) atoms. The smallest absolute Gasteiger partial charge is 0.422 e. The van der Waals surface area contributed by atoms with Crippen LogP contribution in [0.4, 0.5) is 13.2 Å². The van der Waals surface area contributed by atoms with Crippen molar-refractivity contribution in [2.24, 2.45) is 5.73 Å². The van der Waals surface area contributed by atoms with Gasteiger partial charge in [0.05, 0.1) is 23.0 Å². The van der Waals surface area contributed by atoms with Gasteiger partial charge in [0.2, 0.25) is 0 Å².